The van der Waals surface area contributed by atoms with E-state index in [0.717, 1.165) is 11.1 Å². The second-order valence-electron chi connectivity index (χ2n) is 5.37. The molecule has 1 rings (SSSR count). The first kappa shape index (κ1) is 17.2. The molecule has 0 atom stereocenters. The van der Waals surface area contributed by atoms with Crippen LogP contribution in [0.3, 0.4) is 0 Å². The van der Waals surface area contributed by atoms with Crippen molar-refractivity contribution in [3.63, 3.8) is 0 Å². The number of rotatable bonds is 4. The summed E-state index contributed by atoms with van der Waals surface area (Å²) >= 11 is 3.38. The fraction of sp³-hybridized carbons (Fsp3) is 0.500. The number of sulfonamides is 1. The molecule has 0 aliphatic carbocycles. The average Bonchev–Trinajstić information content (AvgIpc) is 2.28. The maximum atomic E-state index is 12.0. The van der Waals surface area contributed by atoms with E-state index in [1.54, 1.807) is 0 Å². The van der Waals surface area contributed by atoms with Crippen LogP contribution in [0.1, 0.15) is 56.2 Å². The highest BCUT2D eigenvalue weighted by atomic mass is 79.9. The van der Waals surface area contributed by atoms with Gasteiger partial charge >= 0.3 is 0 Å². The van der Waals surface area contributed by atoms with Crippen LogP contribution in [0.25, 0.3) is 0 Å². The summed E-state index contributed by atoms with van der Waals surface area (Å²) in [5.41, 5.74) is 2.22. The van der Waals surface area contributed by atoms with Crippen LogP contribution < -0.4 is 5.14 Å². The standard InChI is InChI=1S/C14H19BrN2O2S/c1-8(2)11-7-10(5-6-16)12(9(3)4)14(13(11)15)20(17,18)19/h7-9H,5H2,1-4H3,(H2,17,18,19). The normalized spacial score (nSPS) is 11.9. The summed E-state index contributed by atoms with van der Waals surface area (Å²) in [6, 6.07) is 4.00. The van der Waals surface area contributed by atoms with Crippen LogP contribution >= 0.6 is 15.9 Å². The predicted molar refractivity (Wildman–Crippen MR) is 83.0 cm³/mol. The van der Waals surface area contributed by atoms with Gasteiger partial charge in [0.1, 0.15) is 0 Å². The van der Waals surface area contributed by atoms with Crippen LogP contribution in [0.2, 0.25) is 0 Å². The molecule has 0 amide bonds. The minimum absolute atomic E-state index is 0.0378. The van der Waals surface area contributed by atoms with Crippen molar-refractivity contribution in [2.24, 2.45) is 5.14 Å². The van der Waals surface area contributed by atoms with Gasteiger partial charge in [0.25, 0.3) is 0 Å². The van der Waals surface area contributed by atoms with Crippen molar-refractivity contribution in [3.05, 3.63) is 27.2 Å². The summed E-state index contributed by atoms with van der Waals surface area (Å²) in [5.74, 6) is 0.0905. The Bertz CT molecular complexity index is 659. The Morgan fingerprint density at radius 3 is 2.20 bits per heavy atom. The predicted octanol–water partition coefficient (Wildman–Crippen LogP) is 3.41. The van der Waals surface area contributed by atoms with Gasteiger partial charge in [-0.2, -0.15) is 5.26 Å². The topological polar surface area (TPSA) is 83.9 Å². The number of halogens is 1. The molecule has 0 aliphatic rings. The van der Waals surface area contributed by atoms with Gasteiger partial charge in [-0.3, -0.25) is 0 Å². The maximum absolute atomic E-state index is 12.0. The Morgan fingerprint density at radius 1 is 1.30 bits per heavy atom. The van der Waals surface area contributed by atoms with Gasteiger partial charge in [-0.25, -0.2) is 13.6 Å². The number of hydrogen-bond acceptors (Lipinski definition) is 3. The van der Waals surface area contributed by atoms with E-state index < -0.39 is 10.0 Å². The van der Waals surface area contributed by atoms with Crippen molar-refractivity contribution >= 4 is 26.0 Å². The lowest BCUT2D eigenvalue weighted by Gasteiger charge is -2.21. The summed E-state index contributed by atoms with van der Waals surface area (Å²) < 4.78 is 24.5. The van der Waals surface area contributed by atoms with E-state index in [1.807, 2.05) is 33.8 Å². The minimum Gasteiger partial charge on any atom is -0.225 e. The lowest BCUT2D eigenvalue weighted by molar-refractivity contribution is 0.594. The van der Waals surface area contributed by atoms with Crippen LogP contribution in [0.5, 0.6) is 0 Å². The monoisotopic (exact) mass is 358 g/mol. The second-order valence-corrected chi connectivity index (χ2v) is 7.66. The Morgan fingerprint density at radius 2 is 1.85 bits per heavy atom. The minimum atomic E-state index is -3.86. The quantitative estimate of drug-likeness (QED) is 0.894. The molecule has 0 heterocycles. The highest BCUT2D eigenvalue weighted by Gasteiger charge is 2.26. The molecule has 0 radical (unpaired) electrons. The first-order valence-electron chi connectivity index (χ1n) is 6.36. The molecule has 1 aromatic carbocycles. The molecule has 6 heteroatoms. The fourth-order valence-electron chi connectivity index (χ4n) is 2.29. The highest BCUT2D eigenvalue weighted by Crippen LogP contribution is 2.38. The first-order valence-corrected chi connectivity index (χ1v) is 8.70. The third-order valence-electron chi connectivity index (χ3n) is 3.13. The molecule has 0 spiro atoms. The lowest BCUT2D eigenvalue weighted by atomic mass is 9.90. The molecule has 0 saturated heterocycles. The smallest absolute Gasteiger partial charge is 0.225 e. The zero-order valence-electron chi connectivity index (χ0n) is 12.1. The van der Waals surface area contributed by atoms with E-state index >= 15 is 0 Å². The molecule has 4 nitrogen and oxygen atoms in total. The number of benzene rings is 1. The maximum Gasteiger partial charge on any atom is 0.239 e. The van der Waals surface area contributed by atoms with Crippen LogP contribution in [0.15, 0.2) is 15.4 Å². The first-order chi connectivity index (χ1) is 9.11. The number of primary sulfonamides is 1. The molecular formula is C14H19BrN2O2S. The molecular weight excluding hydrogens is 340 g/mol. The van der Waals surface area contributed by atoms with E-state index in [2.05, 4.69) is 22.0 Å². The van der Waals surface area contributed by atoms with Crippen molar-refractivity contribution in [1.29, 1.82) is 5.26 Å². The van der Waals surface area contributed by atoms with Gasteiger partial charge in [0.15, 0.2) is 0 Å². The zero-order chi connectivity index (χ0) is 15.7. The summed E-state index contributed by atoms with van der Waals surface area (Å²) in [6.07, 6.45) is 0.170. The molecule has 1 aromatic rings. The number of nitrogens with two attached hydrogens (primary N) is 1. The number of hydrogen-bond donors (Lipinski definition) is 1. The number of nitriles is 1. The van der Waals surface area contributed by atoms with Crippen molar-refractivity contribution in [3.8, 4) is 6.07 Å². The van der Waals surface area contributed by atoms with E-state index in [1.165, 1.54) is 0 Å². The largest absolute Gasteiger partial charge is 0.239 e. The zero-order valence-corrected chi connectivity index (χ0v) is 14.5. The van der Waals surface area contributed by atoms with Crippen molar-refractivity contribution < 1.29 is 8.42 Å². The van der Waals surface area contributed by atoms with Gasteiger partial charge < -0.3 is 0 Å². The van der Waals surface area contributed by atoms with Gasteiger partial charge in [0.2, 0.25) is 10.0 Å². The molecule has 0 aliphatic heterocycles. The van der Waals surface area contributed by atoms with Crippen molar-refractivity contribution in [2.45, 2.75) is 50.8 Å². The molecule has 0 bridgehead atoms. The van der Waals surface area contributed by atoms with Crippen LogP contribution in [0.4, 0.5) is 0 Å². The Balaban J connectivity index is 3.90. The molecule has 0 aromatic heterocycles. The Labute approximate surface area is 129 Å². The lowest BCUT2D eigenvalue weighted by Crippen LogP contribution is -2.18. The molecule has 20 heavy (non-hydrogen) atoms. The molecule has 0 unspecified atom stereocenters. The van der Waals surface area contributed by atoms with Gasteiger partial charge in [-0.15, -0.1) is 0 Å². The van der Waals surface area contributed by atoms with E-state index in [9.17, 15) is 8.42 Å². The summed E-state index contributed by atoms with van der Waals surface area (Å²) in [4.78, 5) is 0.115. The Hall–Kier alpha value is -0.900. The van der Waals surface area contributed by atoms with Crippen molar-refractivity contribution in [1.82, 2.24) is 0 Å². The Kier molecular flexibility index (Phi) is 5.36. The molecule has 2 N–H and O–H groups in total. The summed E-state index contributed by atoms with van der Waals surface area (Å²) in [7, 11) is -3.86. The molecule has 0 saturated carbocycles. The van der Waals surface area contributed by atoms with Gasteiger partial charge in [-0.05, 0) is 44.5 Å². The van der Waals surface area contributed by atoms with E-state index in [0.29, 0.717) is 10.0 Å². The van der Waals surface area contributed by atoms with E-state index in [-0.39, 0.29) is 23.2 Å². The third kappa shape index (κ3) is 3.40. The molecule has 110 valence electrons. The molecule has 0 fully saturated rings. The third-order valence-corrected chi connectivity index (χ3v) is 5.24. The summed E-state index contributed by atoms with van der Waals surface area (Å²) in [6.45, 7) is 7.73. The SMILES string of the molecule is CC(C)c1cc(CC#N)c(C(C)C)c(S(N)(=O)=O)c1Br. The van der Waals surface area contributed by atoms with Crippen LogP contribution in [-0.4, -0.2) is 8.42 Å². The number of nitrogens with zero attached hydrogens (tertiary/aromatic N) is 1. The van der Waals surface area contributed by atoms with Gasteiger partial charge in [0, 0.05) is 4.47 Å². The van der Waals surface area contributed by atoms with Crippen LogP contribution in [0, 0.1) is 11.3 Å². The van der Waals surface area contributed by atoms with E-state index in [4.69, 9.17) is 10.4 Å². The average molecular weight is 359 g/mol. The fourth-order valence-corrected chi connectivity index (χ4v) is 4.79. The van der Waals surface area contributed by atoms with Gasteiger partial charge in [-0.1, -0.05) is 33.8 Å². The second kappa shape index (κ2) is 6.25. The van der Waals surface area contributed by atoms with Gasteiger partial charge in [0.05, 0.1) is 17.4 Å². The highest BCUT2D eigenvalue weighted by molar-refractivity contribution is 9.10. The summed E-state index contributed by atoms with van der Waals surface area (Å²) in [5, 5.41) is 14.4. The van der Waals surface area contributed by atoms with Crippen LogP contribution in [-0.2, 0) is 16.4 Å². The van der Waals surface area contributed by atoms with Crippen molar-refractivity contribution in [2.75, 3.05) is 0 Å².